The molecule has 1 unspecified atom stereocenters. The molecule has 3 aromatic rings. The molecule has 1 aromatic heterocycles. The molecule has 0 radical (unpaired) electrons. The molecule has 1 saturated carbocycles. The van der Waals surface area contributed by atoms with Gasteiger partial charge >= 0.3 is 0 Å². The van der Waals surface area contributed by atoms with Gasteiger partial charge in [-0.3, -0.25) is 10.1 Å². The minimum Gasteiger partial charge on any atom is -0.481 e. The standard InChI is InChI=1S/C23H25N3O2S/c1-16(28-20-14-12-18(13-15-20)17-8-4-2-5-9-17)21(27)24-23-26-25-22(29-23)19-10-6-3-7-11-19/h2,4-5,8-9,12-16,19H,3,6-7,10-11H2,1H3,(H,24,26,27). The van der Waals surface area contributed by atoms with Crippen LogP contribution in [0.3, 0.4) is 0 Å². The van der Waals surface area contributed by atoms with Gasteiger partial charge in [-0.15, -0.1) is 10.2 Å². The second kappa shape index (κ2) is 9.18. The third kappa shape index (κ3) is 5.01. The van der Waals surface area contributed by atoms with E-state index in [0.29, 0.717) is 16.8 Å². The van der Waals surface area contributed by atoms with E-state index in [2.05, 4.69) is 27.6 Å². The number of carbonyl (C=O) groups excluding carboxylic acids is 1. The Morgan fingerprint density at radius 3 is 2.41 bits per heavy atom. The maximum absolute atomic E-state index is 12.5. The van der Waals surface area contributed by atoms with Gasteiger partial charge in [-0.05, 0) is 43.0 Å². The Bertz CT molecular complexity index is 934. The highest BCUT2D eigenvalue weighted by atomic mass is 32.1. The first-order chi connectivity index (χ1) is 14.2. The van der Waals surface area contributed by atoms with Gasteiger partial charge in [-0.2, -0.15) is 0 Å². The van der Waals surface area contributed by atoms with Crippen LogP contribution in [-0.2, 0) is 4.79 Å². The van der Waals surface area contributed by atoms with Crippen molar-refractivity contribution in [2.24, 2.45) is 0 Å². The third-order valence-electron chi connectivity index (χ3n) is 5.27. The third-order valence-corrected chi connectivity index (χ3v) is 6.27. The van der Waals surface area contributed by atoms with Crippen molar-refractivity contribution in [1.82, 2.24) is 10.2 Å². The van der Waals surface area contributed by atoms with E-state index in [-0.39, 0.29) is 5.91 Å². The zero-order valence-electron chi connectivity index (χ0n) is 16.5. The summed E-state index contributed by atoms with van der Waals surface area (Å²) >= 11 is 1.48. The Morgan fingerprint density at radius 2 is 1.69 bits per heavy atom. The van der Waals surface area contributed by atoms with Crippen LogP contribution in [0.4, 0.5) is 5.13 Å². The van der Waals surface area contributed by atoms with Crippen molar-refractivity contribution in [3.05, 3.63) is 59.6 Å². The molecule has 0 saturated heterocycles. The van der Waals surface area contributed by atoms with E-state index in [1.165, 1.54) is 43.4 Å². The van der Waals surface area contributed by atoms with Crippen molar-refractivity contribution < 1.29 is 9.53 Å². The van der Waals surface area contributed by atoms with Gasteiger partial charge in [0.15, 0.2) is 6.10 Å². The van der Waals surface area contributed by atoms with Gasteiger partial charge < -0.3 is 4.74 Å². The Kier molecular flexibility index (Phi) is 6.20. The summed E-state index contributed by atoms with van der Waals surface area (Å²) in [4.78, 5) is 12.5. The normalized spacial score (nSPS) is 15.6. The van der Waals surface area contributed by atoms with E-state index in [0.717, 1.165) is 16.1 Å². The number of carbonyl (C=O) groups is 1. The van der Waals surface area contributed by atoms with Gasteiger partial charge in [-0.1, -0.05) is 73.1 Å². The topological polar surface area (TPSA) is 64.1 Å². The molecule has 29 heavy (non-hydrogen) atoms. The van der Waals surface area contributed by atoms with E-state index < -0.39 is 6.10 Å². The van der Waals surface area contributed by atoms with Gasteiger partial charge in [0.2, 0.25) is 5.13 Å². The number of hydrogen-bond acceptors (Lipinski definition) is 5. The number of benzene rings is 2. The molecule has 6 heteroatoms. The van der Waals surface area contributed by atoms with Gasteiger partial charge in [0.1, 0.15) is 10.8 Å². The first-order valence-corrected chi connectivity index (χ1v) is 11.0. The van der Waals surface area contributed by atoms with Crippen LogP contribution in [0.2, 0.25) is 0 Å². The minimum atomic E-state index is -0.625. The van der Waals surface area contributed by atoms with E-state index in [9.17, 15) is 4.79 Å². The average molecular weight is 408 g/mol. The van der Waals surface area contributed by atoms with Gasteiger partial charge in [-0.25, -0.2) is 0 Å². The monoisotopic (exact) mass is 407 g/mol. The predicted molar refractivity (Wildman–Crippen MR) is 116 cm³/mol. The highest BCUT2D eigenvalue weighted by molar-refractivity contribution is 7.15. The predicted octanol–water partition coefficient (Wildman–Crippen LogP) is 5.66. The van der Waals surface area contributed by atoms with E-state index in [1.807, 2.05) is 42.5 Å². The van der Waals surface area contributed by atoms with Gasteiger partial charge in [0.25, 0.3) is 5.91 Å². The Hall–Kier alpha value is -2.73. The summed E-state index contributed by atoms with van der Waals surface area (Å²) in [6.07, 6.45) is 5.52. The second-order valence-electron chi connectivity index (χ2n) is 7.42. The Labute approximate surface area is 175 Å². The molecule has 1 aliphatic rings. The first kappa shape index (κ1) is 19.6. The quantitative estimate of drug-likeness (QED) is 0.573. The molecule has 1 N–H and O–H groups in total. The Balaban J connectivity index is 1.33. The molecule has 2 aromatic carbocycles. The number of nitrogens with zero attached hydrogens (tertiary/aromatic N) is 2. The number of aromatic nitrogens is 2. The molecule has 0 aliphatic heterocycles. The van der Waals surface area contributed by atoms with E-state index in [4.69, 9.17) is 4.74 Å². The molecular formula is C23H25N3O2S. The average Bonchev–Trinajstić information content (AvgIpc) is 3.24. The molecule has 150 valence electrons. The molecule has 1 aliphatic carbocycles. The van der Waals surface area contributed by atoms with Crippen LogP contribution in [0.1, 0.15) is 50.0 Å². The minimum absolute atomic E-state index is 0.219. The summed E-state index contributed by atoms with van der Waals surface area (Å²) in [5.41, 5.74) is 2.26. The molecule has 5 nitrogen and oxygen atoms in total. The summed E-state index contributed by atoms with van der Waals surface area (Å²) in [5, 5.41) is 12.9. The van der Waals surface area contributed by atoms with Crippen molar-refractivity contribution in [2.75, 3.05) is 5.32 Å². The lowest BCUT2D eigenvalue weighted by molar-refractivity contribution is -0.122. The van der Waals surface area contributed by atoms with Crippen LogP contribution in [0.15, 0.2) is 54.6 Å². The van der Waals surface area contributed by atoms with E-state index in [1.54, 1.807) is 6.92 Å². The lowest BCUT2D eigenvalue weighted by Gasteiger charge is -2.18. The molecule has 1 fully saturated rings. The summed E-state index contributed by atoms with van der Waals surface area (Å²) in [6.45, 7) is 1.74. The number of nitrogens with one attached hydrogen (secondary N) is 1. The second-order valence-corrected chi connectivity index (χ2v) is 8.43. The summed E-state index contributed by atoms with van der Waals surface area (Å²) in [6, 6.07) is 17.9. The Morgan fingerprint density at radius 1 is 1.00 bits per heavy atom. The molecule has 1 amide bonds. The molecule has 0 bridgehead atoms. The fourth-order valence-corrected chi connectivity index (χ4v) is 4.54. The fourth-order valence-electron chi connectivity index (χ4n) is 3.62. The van der Waals surface area contributed by atoms with Crippen molar-refractivity contribution in [3.8, 4) is 16.9 Å². The summed E-state index contributed by atoms with van der Waals surface area (Å²) in [7, 11) is 0. The van der Waals surface area contributed by atoms with E-state index >= 15 is 0 Å². The highest BCUT2D eigenvalue weighted by Crippen LogP contribution is 2.35. The van der Waals surface area contributed by atoms with Crippen LogP contribution in [0.25, 0.3) is 11.1 Å². The van der Waals surface area contributed by atoms with Crippen molar-refractivity contribution in [3.63, 3.8) is 0 Å². The van der Waals surface area contributed by atoms with Crippen LogP contribution in [-0.4, -0.2) is 22.2 Å². The highest BCUT2D eigenvalue weighted by Gasteiger charge is 2.21. The largest absolute Gasteiger partial charge is 0.481 e. The van der Waals surface area contributed by atoms with Crippen LogP contribution < -0.4 is 10.1 Å². The number of hydrogen-bond donors (Lipinski definition) is 1. The number of rotatable bonds is 6. The number of amides is 1. The van der Waals surface area contributed by atoms with Crippen LogP contribution in [0, 0.1) is 0 Å². The zero-order valence-corrected chi connectivity index (χ0v) is 17.3. The lowest BCUT2D eigenvalue weighted by atomic mass is 9.90. The molecule has 0 spiro atoms. The maximum atomic E-state index is 12.5. The fraction of sp³-hybridized carbons (Fsp3) is 0.348. The number of ether oxygens (including phenoxy) is 1. The molecule has 1 heterocycles. The van der Waals surface area contributed by atoms with Crippen LogP contribution >= 0.6 is 11.3 Å². The van der Waals surface area contributed by atoms with Crippen molar-refractivity contribution in [1.29, 1.82) is 0 Å². The zero-order chi connectivity index (χ0) is 20.1. The molecular weight excluding hydrogens is 382 g/mol. The summed E-state index contributed by atoms with van der Waals surface area (Å²) < 4.78 is 5.81. The van der Waals surface area contributed by atoms with Crippen LogP contribution in [0.5, 0.6) is 5.75 Å². The first-order valence-electron chi connectivity index (χ1n) is 10.2. The molecule has 4 rings (SSSR count). The number of anilines is 1. The van der Waals surface area contributed by atoms with Crippen molar-refractivity contribution >= 4 is 22.4 Å². The lowest BCUT2D eigenvalue weighted by Crippen LogP contribution is -2.30. The van der Waals surface area contributed by atoms with Gasteiger partial charge in [0, 0.05) is 5.92 Å². The SMILES string of the molecule is CC(Oc1ccc(-c2ccccc2)cc1)C(=O)Nc1nnc(C2CCCCC2)s1. The van der Waals surface area contributed by atoms with Crippen molar-refractivity contribution in [2.45, 2.75) is 51.0 Å². The molecule has 1 atom stereocenters. The smallest absolute Gasteiger partial charge is 0.266 e. The maximum Gasteiger partial charge on any atom is 0.266 e. The summed E-state index contributed by atoms with van der Waals surface area (Å²) in [5.74, 6) is 0.930. The van der Waals surface area contributed by atoms with Gasteiger partial charge in [0.05, 0.1) is 0 Å².